The number of carbonyl (C=O) groups is 3. The molecule has 0 saturated carbocycles. The first-order valence-corrected chi connectivity index (χ1v) is 34.3. The third-order valence-corrected chi connectivity index (χ3v) is 15.3. The van der Waals surface area contributed by atoms with Gasteiger partial charge in [0.1, 0.15) is 13.2 Å². The summed E-state index contributed by atoms with van der Waals surface area (Å²) in [5.74, 6) is -0.884. The van der Waals surface area contributed by atoms with Gasteiger partial charge in [0.2, 0.25) is 0 Å². The van der Waals surface area contributed by atoms with Crippen molar-refractivity contribution in [1.29, 1.82) is 0 Å². The first-order chi connectivity index (χ1) is 38.5. The Kier molecular flexibility index (Phi) is 64.2. The van der Waals surface area contributed by atoms with Gasteiger partial charge in [0.25, 0.3) is 0 Å². The topological polar surface area (TPSA) is 78.9 Å². The summed E-state index contributed by atoms with van der Waals surface area (Å²) in [5, 5.41) is 0. The fraction of sp³-hybridized carbons (Fsp3) is 0.819. The smallest absolute Gasteiger partial charge is 0.306 e. The Bertz CT molecular complexity index is 1390. The fourth-order valence-corrected chi connectivity index (χ4v) is 10.1. The summed E-state index contributed by atoms with van der Waals surface area (Å²) in [6, 6.07) is 0. The molecule has 454 valence electrons. The van der Waals surface area contributed by atoms with Crippen LogP contribution in [0.1, 0.15) is 361 Å². The first kappa shape index (κ1) is 75.1. The Morgan fingerprint density at radius 3 is 0.795 bits per heavy atom. The lowest BCUT2D eigenvalue weighted by atomic mass is 10.0. The van der Waals surface area contributed by atoms with Gasteiger partial charge >= 0.3 is 17.9 Å². The van der Waals surface area contributed by atoms with Gasteiger partial charge in [0.15, 0.2) is 6.10 Å². The number of allylic oxidation sites excluding steroid dienone is 10. The molecule has 0 aliphatic rings. The second-order valence-corrected chi connectivity index (χ2v) is 23.1. The number of ether oxygens (including phenoxy) is 3. The lowest BCUT2D eigenvalue weighted by molar-refractivity contribution is -0.167. The van der Waals surface area contributed by atoms with Gasteiger partial charge in [-0.3, -0.25) is 14.4 Å². The van der Waals surface area contributed by atoms with Crippen molar-refractivity contribution in [3.8, 4) is 0 Å². The van der Waals surface area contributed by atoms with Crippen LogP contribution in [0.5, 0.6) is 0 Å². The predicted molar refractivity (Wildman–Crippen MR) is 339 cm³/mol. The molecular formula is C72H130O6. The average Bonchev–Trinajstić information content (AvgIpc) is 3.44. The molecule has 78 heavy (non-hydrogen) atoms. The zero-order chi connectivity index (χ0) is 56.4. The Morgan fingerprint density at radius 2 is 0.500 bits per heavy atom. The van der Waals surface area contributed by atoms with Crippen molar-refractivity contribution < 1.29 is 28.6 Å². The van der Waals surface area contributed by atoms with Crippen molar-refractivity contribution in [2.45, 2.75) is 367 Å². The summed E-state index contributed by atoms with van der Waals surface area (Å²) in [6.07, 6.45) is 85.3. The summed E-state index contributed by atoms with van der Waals surface area (Å²) in [6.45, 7) is 6.56. The van der Waals surface area contributed by atoms with E-state index in [1.165, 1.54) is 225 Å². The molecule has 0 spiro atoms. The SMILES string of the molecule is CC/C=C\C/C=C\C/C=C\C/C=C\CCCCCCC(=O)OCC(COC(=O)CCCCCCCCCCCCCCCCCCCCCCCCCC)OC(=O)CCCCCCCCCCC/C=C\CCCCCCCC. The van der Waals surface area contributed by atoms with E-state index in [-0.39, 0.29) is 31.1 Å². The number of hydrogen-bond donors (Lipinski definition) is 0. The molecule has 0 heterocycles. The van der Waals surface area contributed by atoms with Crippen LogP contribution in [0.3, 0.4) is 0 Å². The summed E-state index contributed by atoms with van der Waals surface area (Å²) in [4.78, 5) is 38.4. The van der Waals surface area contributed by atoms with E-state index in [9.17, 15) is 14.4 Å². The van der Waals surface area contributed by atoms with Crippen LogP contribution in [-0.2, 0) is 28.6 Å². The maximum atomic E-state index is 12.9. The predicted octanol–water partition coefficient (Wildman–Crippen LogP) is 23.5. The monoisotopic (exact) mass is 1090 g/mol. The molecule has 0 fully saturated rings. The van der Waals surface area contributed by atoms with Gasteiger partial charge in [-0.2, -0.15) is 0 Å². The molecule has 1 atom stereocenters. The minimum atomic E-state index is -0.786. The van der Waals surface area contributed by atoms with E-state index >= 15 is 0 Å². The molecule has 6 heteroatoms. The largest absolute Gasteiger partial charge is 0.462 e. The number of hydrogen-bond acceptors (Lipinski definition) is 6. The highest BCUT2D eigenvalue weighted by Crippen LogP contribution is 2.18. The van der Waals surface area contributed by atoms with Gasteiger partial charge in [0.05, 0.1) is 0 Å². The fourth-order valence-electron chi connectivity index (χ4n) is 10.1. The molecule has 0 aliphatic heterocycles. The highest BCUT2D eigenvalue weighted by molar-refractivity contribution is 5.71. The van der Waals surface area contributed by atoms with Gasteiger partial charge in [-0.25, -0.2) is 0 Å². The van der Waals surface area contributed by atoms with Crippen molar-refractivity contribution in [2.75, 3.05) is 13.2 Å². The molecule has 6 nitrogen and oxygen atoms in total. The lowest BCUT2D eigenvalue weighted by Crippen LogP contribution is -2.30. The molecule has 0 aromatic rings. The lowest BCUT2D eigenvalue weighted by Gasteiger charge is -2.18. The zero-order valence-corrected chi connectivity index (χ0v) is 52.2. The van der Waals surface area contributed by atoms with Gasteiger partial charge in [-0.15, -0.1) is 0 Å². The minimum absolute atomic E-state index is 0.0793. The van der Waals surface area contributed by atoms with E-state index in [2.05, 4.69) is 81.5 Å². The van der Waals surface area contributed by atoms with Crippen LogP contribution in [0.25, 0.3) is 0 Å². The highest BCUT2D eigenvalue weighted by atomic mass is 16.6. The molecule has 0 amide bonds. The molecule has 0 aromatic heterocycles. The van der Waals surface area contributed by atoms with Gasteiger partial charge in [-0.1, -0.05) is 319 Å². The molecule has 0 aromatic carbocycles. The molecule has 0 rings (SSSR count). The van der Waals surface area contributed by atoms with Crippen molar-refractivity contribution in [3.63, 3.8) is 0 Å². The van der Waals surface area contributed by atoms with Crippen LogP contribution in [0.4, 0.5) is 0 Å². The molecular weight excluding hydrogens is 961 g/mol. The third-order valence-electron chi connectivity index (χ3n) is 15.3. The summed E-state index contributed by atoms with van der Waals surface area (Å²) in [5.41, 5.74) is 0. The van der Waals surface area contributed by atoms with Crippen LogP contribution in [0.2, 0.25) is 0 Å². The normalized spacial score (nSPS) is 12.4. The van der Waals surface area contributed by atoms with Crippen LogP contribution < -0.4 is 0 Å². The van der Waals surface area contributed by atoms with E-state index in [0.29, 0.717) is 19.3 Å². The van der Waals surface area contributed by atoms with E-state index in [1.54, 1.807) is 0 Å². The quantitative estimate of drug-likeness (QED) is 0.0261. The Hall–Kier alpha value is -2.89. The van der Waals surface area contributed by atoms with Crippen LogP contribution in [-0.4, -0.2) is 37.2 Å². The van der Waals surface area contributed by atoms with E-state index in [0.717, 1.165) is 96.3 Å². The van der Waals surface area contributed by atoms with Crippen molar-refractivity contribution in [1.82, 2.24) is 0 Å². The second-order valence-electron chi connectivity index (χ2n) is 23.1. The van der Waals surface area contributed by atoms with Crippen molar-refractivity contribution in [3.05, 3.63) is 60.8 Å². The van der Waals surface area contributed by atoms with Crippen molar-refractivity contribution >= 4 is 17.9 Å². The number of rotatable bonds is 63. The standard InChI is InChI=1S/C72H130O6/c1-4-7-10-13-16-19-22-25-28-31-33-34-35-36-37-39-41-44-47-50-53-56-59-62-65-71(74)77-68-69(67-76-70(73)64-61-58-55-52-49-46-43-40-30-27-24-21-18-15-12-9-6-3)78-72(75)66-63-60-57-54-51-48-45-42-38-32-29-26-23-20-17-14-11-8-5-2/h9,12,18,21,26-27,29-30,43,46,69H,4-8,10-11,13-17,19-20,22-25,28,31-42,44-45,47-68H2,1-3H3/b12-9-,21-18-,29-26-,30-27-,46-43-. The molecule has 0 bridgehead atoms. The molecule has 0 N–H and O–H groups in total. The maximum Gasteiger partial charge on any atom is 0.306 e. The second kappa shape index (κ2) is 66.6. The highest BCUT2D eigenvalue weighted by Gasteiger charge is 2.19. The molecule has 0 aliphatic carbocycles. The van der Waals surface area contributed by atoms with Gasteiger partial charge in [0, 0.05) is 19.3 Å². The van der Waals surface area contributed by atoms with E-state index in [4.69, 9.17) is 14.2 Å². The Balaban J connectivity index is 4.33. The average molecular weight is 1090 g/mol. The number of esters is 3. The van der Waals surface area contributed by atoms with E-state index < -0.39 is 6.10 Å². The molecule has 0 saturated heterocycles. The third kappa shape index (κ3) is 63.9. The summed E-state index contributed by atoms with van der Waals surface area (Å²) < 4.78 is 17.0. The van der Waals surface area contributed by atoms with Gasteiger partial charge < -0.3 is 14.2 Å². The zero-order valence-electron chi connectivity index (χ0n) is 52.2. The van der Waals surface area contributed by atoms with Crippen LogP contribution in [0, 0.1) is 0 Å². The number of carbonyl (C=O) groups excluding carboxylic acids is 3. The molecule has 0 radical (unpaired) electrons. The summed E-state index contributed by atoms with van der Waals surface area (Å²) >= 11 is 0. The van der Waals surface area contributed by atoms with Gasteiger partial charge in [-0.05, 0) is 83.5 Å². The van der Waals surface area contributed by atoms with Crippen LogP contribution >= 0.6 is 0 Å². The Morgan fingerprint density at radius 1 is 0.269 bits per heavy atom. The number of unbranched alkanes of at least 4 members (excludes halogenated alkanes) is 42. The molecule has 1 unspecified atom stereocenters. The first-order valence-electron chi connectivity index (χ1n) is 34.3. The van der Waals surface area contributed by atoms with Crippen LogP contribution in [0.15, 0.2) is 60.8 Å². The van der Waals surface area contributed by atoms with Crippen molar-refractivity contribution in [2.24, 2.45) is 0 Å². The summed E-state index contributed by atoms with van der Waals surface area (Å²) in [7, 11) is 0. The van der Waals surface area contributed by atoms with E-state index in [1.807, 2.05) is 0 Å². The minimum Gasteiger partial charge on any atom is -0.462 e. The maximum absolute atomic E-state index is 12.9. The Labute approximate surface area is 485 Å².